The molecule has 142 valence electrons. The van der Waals surface area contributed by atoms with Crippen LogP contribution in [0.2, 0.25) is 0 Å². The van der Waals surface area contributed by atoms with E-state index in [9.17, 15) is 19.7 Å². The van der Waals surface area contributed by atoms with E-state index in [4.69, 9.17) is 0 Å². The molecule has 0 fully saturated rings. The van der Waals surface area contributed by atoms with E-state index < -0.39 is 4.92 Å². The van der Waals surface area contributed by atoms with Gasteiger partial charge in [0.1, 0.15) is 0 Å². The van der Waals surface area contributed by atoms with E-state index in [1.54, 1.807) is 6.92 Å². The van der Waals surface area contributed by atoms with Gasteiger partial charge in [0.15, 0.2) is 0 Å². The molecule has 0 spiro atoms. The molecule has 0 heterocycles. The molecule has 2 rings (SSSR count). The highest BCUT2D eigenvalue weighted by atomic mass is 16.6. The molecule has 2 amide bonds. The number of benzene rings is 2. The van der Waals surface area contributed by atoms with E-state index in [0.717, 1.165) is 22.4 Å². The molecule has 0 aliphatic rings. The summed E-state index contributed by atoms with van der Waals surface area (Å²) in [4.78, 5) is 36.6. The van der Waals surface area contributed by atoms with Gasteiger partial charge in [-0.3, -0.25) is 19.7 Å². The second-order valence-corrected chi connectivity index (χ2v) is 6.74. The third kappa shape index (κ3) is 4.69. The van der Waals surface area contributed by atoms with Crippen molar-refractivity contribution in [3.63, 3.8) is 0 Å². The SMILES string of the molecule is Cc1cc(C)c(NC(=O)CN(C)C(=O)c2ccc([N+](=O)[O-])c(C)c2)c(C)c1. The highest BCUT2D eigenvalue weighted by molar-refractivity contribution is 6.00. The Morgan fingerprint density at radius 1 is 1.04 bits per heavy atom. The Bertz CT molecular complexity index is 898. The van der Waals surface area contributed by atoms with E-state index in [-0.39, 0.29) is 24.0 Å². The van der Waals surface area contributed by atoms with Crippen LogP contribution in [0, 0.1) is 37.8 Å². The normalized spacial score (nSPS) is 10.4. The first kappa shape index (κ1) is 20.1. The van der Waals surface area contributed by atoms with Crippen molar-refractivity contribution >= 4 is 23.2 Å². The van der Waals surface area contributed by atoms with E-state index in [2.05, 4.69) is 5.32 Å². The highest BCUT2D eigenvalue weighted by Crippen LogP contribution is 2.22. The number of carbonyl (C=O) groups is 2. The minimum Gasteiger partial charge on any atom is -0.332 e. The molecule has 27 heavy (non-hydrogen) atoms. The summed E-state index contributed by atoms with van der Waals surface area (Å²) in [5.41, 5.74) is 4.44. The van der Waals surface area contributed by atoms with Crippen LogP contribution in [0.4, 0.5) is 11.4 Å². The second-order valence-electron chi connectivity index (χ2n) is 6.74. The van der Waals surface area contributed by atoms with Gasteiger partial charge in [-0.05, 0) is 51.0 Å². The fourth-order valence-corrected chi connectivity index (χ4v) is 3.06. The van der Waals surface area contributed by atoms with Crippen molar-refractivity contribution in [1.29, 1.82) is 0 Å². The number of anilines is 1. The predicted molar refractivity (Wildman–Crippen MR) is 104 cm³/mol. The van der Waals surface area contributed by atoms with Gasteiger partial charge >= 0.3 is 0 Å². The summed E-state index contributed by atoms with van der Waals surface area (Å²) in [5.74, 6) is -0.681. The van der Waals surface area contributed by atoms with E-state index in [1.807, 2.05) is 32.9 Å². The summed E-state index contributed by atoms with van der Waals surface area (Å²) >= 11 is 0. The highest BCUT2D eigenvalue weighted by Gasteiger charge is 2.19. The van der Waals surface area contributed by atoms with Gasteiger partial charge in [0, 0.05) is 29.9 Å². The Kier molecular flexibility index (Phi) is 5.95. The van der Waals surface area contributed by atoms with Crippen LogP contribution >= 0.6 is 0 Å². The van der Waals surface area contributed by atoms with Gasteiger partial charge in [0.05, 0.1) is 11.5 Å². The Morgan fingerprint density at radius 3 is 2.15 bits per heavy atom. The smallest absolute Gasteiger partial charge is 0.272 e. The minimum atomic E-state index is -0.493. The first-order valence-corrected chi connectivity index (χ1v) is 8.48. The molecule has 2 aromatic rings. The number of rotatable bonds is 5. The molecule has 0 bridgehead atoms. The number of nitro benzene ring substituents is 1. The number of carbonyl (C=O) groups excluding carboxylic acids is 2. The van der Waals surface area contributed by atoms with Crippen molar-refractivity contribution < 1.29 is 14.5 Å². The molecule has 2 aromatic carbocycles. The minimum absolute atomic E-state index is 0.0442. The van der Waals surface area contributed by atoms with Crippen molar-refractivity contribution in [3.05, 3.63) is 68.3 Å². The lowest BCUT2D eigenvalue weighted by atomic mass is 10.1. The number of hydrogen-bond acceptors (Lipinski definition) is 4. The van der Waals surface area contributed by atoms with Gasteiger partial charge in [0.2, 0.25) is 5.91 Å². The molecule has 0 aromatic heterocycles. The van der Waals surface area contributed by atoms with Crippen molar-refractivity contribution in [1.82, 2.24) is 4.90 Å². The van der Waals surface area contributed by atoms with E-state index >= 15 is 0 Å². The zero-order valence-electron chi connectivity index (χ0n) is 16.1. The Balaban J connectivity index is 2.09. The summed E-state index contributed by atoms with van der Waals surface area (Å²) in [6.45, 7) is 7.28. The van der Waals surface area contributed by atoms with Crippen LogP contribution in [0.5, 0.6) is 0 Å². The van der Waals surface area contributed by atoms with Crippen molar-refractivity contribution in [3.8, 4) is 0 Å². The number of nitro groups is 1. The van der Waals surface area contributed by atoms with Crippen molar-refractivity contribution in [2.24, 2.45) is 0 Å². The molecule has 1 N–H and O–H groups in total. The Morgan fingerprint density at radius 2 is 1.63 bits per heavy atom. The van der Waals surface area contributed by atoms with Gasteiger partial charge in [-0.1, -0.05) is 17.7 Å². The molecule has 7 heteroatoms. The predicted octanol–water partition coefficient (Wildman–Crippen LogP) is 3.54. The maximum absolute atomic E-state index is 12.5. The number of aryl methyl sites for hydroxylation is 4. The largest absolute Gasteiger partial charge is 0.332 e. The molecule has 0 radical (unpaired) electrons. The third-order valence-electron chi connectivity index (χ3n) is 4.31. The Labute approximate surface area is 158 Å². The molecular weight excluding hydrogens is 346 g/mol. The maximum Gasteiger partial charge on any atom is 0.272 e. The molecule has 0 saturated heterocycles. The molecule has 0 aliphatic carbocycles. The average Bonchev–Trinajstić information content (AvgIpc) is 2.56. The monoisotopic (exact) mass is 369 g/mol. The zero-order chi connectivity index (χ0) is 20.3. The average molecular weight is 369 g/mol. The lowest BCUT2D eigenvalue weighted by molar-refractivity contribution is -0.385. The number of hydrogen-bond donors (Lipinski definition) is 1. The first-order chi connectivity index (χ1) is 12.6. The standard InChI is InChI=1S/C20H23N3O4/c1-12-8-14(3)19(15(4)9-12)21-18(24)11-22(5)20(25)16-6-7-17(23(26)27)13(2)10-16/h6-10H,11H2,1-5H3,(H,21,24). The van der Waals surface area contributed by atoms with Crippen molar-refractivity contribution in [2.45, 2.75) is 27.7 Å². The van der Waals surface area contributed by atoms with Gasteiger partial charge in [-0.25, -0.2) is 0 Å². The fraction of sp³-hybridized carbons (Fsp3) is 0.300. The van der Waals surface area contributed by atoms with Crippen LogP contribution in [0.25, 0.3) is 0 Å². The summed E-state index contributed by atoms with van der Waals surface area (Å²) in [6.07, 6.45) is 0. The van der Waals surface area contributed by atoms with Crippen LogP contribution in [-0.2, 0) is 4.79 Å². The quantitative estimate of drug-likeness (QED) is 0.644. The van der Waals surface area contributed by atoms with Crippen LogP contribution in [0.3, 0.4) is 0 Å². The van der Waals surface area contributed by atoms with Gasteiger partial charge < -0.3 is 10.2 Å². The number of nitrogens with one attached hydrogen (secondary N) is 1. The van der Waals surface area contributed by atoms with Crippen LogP contribution < -0.4 is 5.32 Å². The summed E-state index contributed by atoms with van der Waals surface area (Å²) in [6, 6.07) is 8.13. The second kappa shape index (κ2) is 7.99. The molecule has 0 saturated carbocycles. The topological polar surface area (TPSA) is 92.6 Å². The summed E-state index contributed by atoms with van der Waals surface area (Å²) in [5, 5.41) is 13.7. The molecule has 7 nitrogen and oxygen atoms in total. The first-order valence-electron chi connectivity index (χ1n) is 8.48. The van der Waals surface area contributed by atoms with Crippen LogP contribution in [-0.4, -0.2) is 35.2 Å². The van der Waals surface area contributed by atoms with Crippen molar-refractivity contribution in [2.75, 3.05) is 18.9 Å². The number of likely N-dealkylation sites (N-methyl/N-ethyl adjacent to an activating group) is 1. The lowest BCUT2D eigenvalue weighted by Gasteiger charge is -2.18. The van der Waals surface area contributed by atoms with Crippen LogP contribution in [0.15, 0.2) is 30.3 Å². The van der Waals surface area contributed by atoms with Crippen LogP contribution in [0.1, 0.15) is 32.6 Å². The lowest BCUT2D eigenvalue weighted by Crippen LogP contribution is -2.35. The van der Waals surface area contributed by atoms with Gasteiger partial charge in [-0.2, -0.15) is 0 Å². The molecule has 0 unspecified atom stereocenters. The van der Waals surface area contributed by atoms with E-state index in [0.29, 0.717) is 11.1 Å². The summed E-state index contributed by atoms with van der Waals surface area (Å²) in [7, 11) is 1.52. The van der Waals surface area contributed by atoms with Gasteiger partial charge in [0.25, 0.3) is 11.6 Å². The van der Waals surface area contributed by atoms with E-state index in [1.165, 1.54) is 30.1 Å². The molecule has 0 aliphatic heterocycles. The fourth-order valence-electron chi connectivity index (χ4n) is 3.06. The van der Waals surface area contributed by atoms with Gasteiger partial charge in [-0.15, -0.1) is 0 Å². The number of nitrogens with zero attached hydrogens (tertiary/aromatic N) is 2. The number of amides is 2. The zero-order valence-corrected chi connectivity index (χ0v) is 16.1. The third-order valence-corrected chi connectivity index (χ3v) is 4.31. The maximum atomic E-state index is 12.5. The Hall–Kier alpha value is -3.22. The molecular formula is C20H23N3O4. The molecule has 0 atom stereocenters. The summed E-state index contributed by atoms with van der Waals surface area (Å²) < 4.78 is 0.